The molecule has 2 aromatic heterocycles. The highest BCUT2D eigenvalue weighted by Crippen LogP contribution is 2.39. The Morgan fingerprint density at radius 3 is 2.96 bits per heavy atom. The maximum Gasteiger partial charge on any atom is 0.297 e. The van der Waals surface area contributed by atoms with Gasteiger partial charge in [-0.1, -0.05) is 12.1 Å². The first kappa shape index (κ1) is 15.4. The topological polar surface area (TPSA) is 101 Å². The lowest BCUT2D eigenvalue weighted by Gasteiger charge is -2.22. The third kappa shape index (κ3) is 2.56. The van der Waals surface area contributed by atoms with Crippen molar-refractivity contribution in [1.82, 2.24) is 14.9 Å². The van der Waals surface area contributed by atoms with E-state index in [1.807, 2.05) is 18.2 Å². The SMILES string of the molecule is C[C@@](C#N)(NC(=O)Cn1cnc2c(oc3ccccc32)c1=O)C1CC1. The van der Waals surface area contributed by atoms with E-state index in [1.165, 1.54) is 10.9 Å². The van der Waals surface area contributed by atoms with Gasteiger partial charge in [0.2, 0.25) is 11.5 Å². The van der Waals surface area contributed by atoms with Crippen LogP contribution in [0.2, 0.25) is 0 Å². The summed E-state index contributed by atoms with van der Waals surface area (Å²) in [5.74, 6) is -0.218. The first-order valence-corrected chi connectivity index (χ1v) is 8.11. The summed E-state index contributed by atoms with van der Waals surface area (Å²) >= 11 is 0. The van der Waals surface area contributed by atoms with Gasteiger partial charge in [0, 0.05) is 5.39 Å². The van der Waals surface area contributed by atoms with E-state index in [0.29, 0.717) is 11.1 Å². The molecule has 0 aliphatic heterocycles. The van der Waals surface area contributed by atoms with Crippen LogP contribution in [0.5, 0.6) is 0 Å². The van der Waals surface area contributed by atoms with E-state index in [2.05, 4.69) is 16.4 Å². The summed E-state index contributed by atoms with van der Waals surface area (Å²) in [6.07, 6.45) is 3.20. The molecule has 2 heterocycles. The Kier molecular flexibility index (Phi) is 3.35. The maximum absolute atomic E-state index is 12.6. The number of benzene rings is 1. The Labute approximate surface area is 142 Å². The molecule has 1 fully saturated rings. The molecule has 25 heavy (non-hydrogen) atoms. The number of hydrogen-bond donors (Lipinski definition) is 1. The Hall–Kier alpha value is -3.14. The van der Waals surface area contributed by atoms with Gasteiger partial charge in [-0.3, -0.25) is 14.2 Å². The number of nitrogens with one attached hydrogen (secondary N) is 1. The number of furan rings is 1. The number of rotatable bonds is 4. The van der Waals surface area contributed by atoms with Crippen molar-refractivity contribution < 1.29 is 9.21 Å². The molecule has 1 amide bonds. The molecule has 0 unspecified atom stereocenters. The van der Waals surface area contributed by atoms with Crippen LogP contribution in [0, 0.1) is 17.2 Å². The minimum atomic E-state index is -0.891. The lowest BCUT2D eigenvalue weighted by Crippen LogP contribution is -2.48. The first-order valence-electron chi connectivity index (χ1n) is 8.11. The summed E-state index contributed by atoms with van der Waals surface area (Å²) in [4.78, 5) is 29.2. The average molecular weight is 336 g/mol. The van der Waals surface area contributed by atoms with Crippen molar-refractivity contribution in [2.45, 2.75) is 31.8 Å². The van der Waals surface area contributed by atoms with Crippen molar-refractivity contribution in [3.05, 3.63) is 40.9 Å². The van der Waals surface area contributed by atoms with Crippen LogP contribution in [0.1, 0.15) is 19.8 Å². The lowest BCUT2D eigenvalue weighted by molar-refractivity contribution is -0.123. The van der Waals surface area contributed by atoms with Gasteiger partial charge in [-0.2, -0.15) is 5.26 Å². The molecule has 1 aliphatic carbocycles. The van der Waals surface area contributed by atoms with Crippen LogP contribution in [0.3, 0.4) is 0 Å². The highest BCUT2D eigenvalue weighted by molar-refractivity contribution is 6.01. The van der Waals surface area contributed by atoms with E-state index in [0.717, 1.165) is 18.2 Å². The van der Waals surface area contributed by atoms with Gasteiger partial charge in [0.1, 0.15) is 23.2 Å². The molecule has 1 aliphatic rings. The van der Waals surface area contributed by atoms with Crippen molar-refractivity contribution in [2.75, 3.05) is 0 Å². The Bertz CT molecular complexity index is 1090. The summed E-state index contributed by atoms with van der Waals surface area (Å²) in [5, 5.41) is 12.8. The smallest absolute Gasteiger partial charge is 0.297 e. The second-order valence-corrected chi connectivity index (χ2v) is 6.59. The fourth-order valence-corrected chi connectivity index (χ4v) is 3.09. The molecule has 3 aromatic rings. The van der Waals surface area contributed by atoms with Gasteiger partial charge >= 0.3 is 0 Å². The van der Waals surface area contributed by atoms with Gasteiger partial charge in [0.15, 0.2) is 0 Å². The third-order valence-electron chi connectivity index (χ3n) is 4.69. The minimum absolute atomic E-state index is 0.127. The van der Waals surface area contributed by atoms with Gasteiger partial charge in [-0.25, -0.2) is 4.98 Å². The molecular weight excluding hydrogens is 320 g/mol. The van der Waals surface area contributed by atoms with Crippen molar-refractivity contribution in [3.8, 4) is 6.07 Å². The number of para-hydroxylation sites is 1. The van der Waals surface area contributed by atoms with Gasteiger partial charge in [0.25, 0.3) is 5.56 Å². The molecular formula is C18H16N4O3. The monoisotopic (exact) mass is 336 g/mol. The van der Waals surface area contributed by atoms with Crippen molar-refractivity contribution in [3.63, 3.8) is 0 Å². The zero-order valence-corrected chi connectivity index (χ0v) is 13.7. The van der Waals surface area contributed by atoms with E-state index in [9.17, 15) is 14.9 Å². The number of hydrogen-bond acceptors (Lipinski definition) is 5. The zero-order valence-electron chi connectivity index (χ0n) is 13.7. The van der Waals surface area contributed by atoms with Gasteiger partial charge in [-0.05, 0) is 37.8 Å². The van der Waals surface area contributed by atoms with E-state index in [4.69, 9.17) is 4.42 Å². The van der Waals surface area contributed by atoms with E-state index in [1.54, 1.807) is 13.0 Å². The molecule has 1 atom stereocenters. The average Bonchev–Trinajstić information content (AvgIpc) is 3.39. The second-order valence-electron chi connectivity index (χ2n) is 6.59. The standard InChI is InChI=1S/C18H16N4O3/c1-18(9-19,11-6-7-11)21-14(23)8-22-10-20-15-12-4-2-3-5-13(12)25-16(15)17(22)24/h2-5,10-11H,6-8H2,1H3,(H,21,23)/t18-/m0/s1. The van der Waals surface area contributed by atoms with Gasteiger partial charge < -0.3 is 9.73 Å². The molecule has 1 N–H and O–H groups in total. The second kappa shape index (κ2) is 5.45. The highest BCUT2D eigenvalue weighted by Gasteiger charge is 2.43. The fourth-order valence-electron chi connectivity index (χ4n) is 3.09. The lowest BCUT2D eigenvalue weighted by atomic mass is 9.98. The number of amides is 1. The van der Waals surface area contributed by atoms with Crippen molar-refractivity contribution >= 4 is 28.0 Å². The maximum atomic E-state index is 12.6. The fraction of sp³-hybridized carbons (Fsp3) is 0.333. The molecule has 7 nitrogen and oxygen atoms in total. The zero-order chi connectivity index (χ0) is 17.6. The number of aromatic nitrogens is 2. The summed E-state index contributed by atoms with van der Waals surface area (Å²) in [6, 6.07) is 9.43. The normalized spacial score (nSPS) is 16.5. The van der Waals surface area contributed by atoms with Gasteiger partial charge in [0.05, 0.1) is 12.4 Å². The predicted octanol–water partition coefficient (Wildman–Crippen LogP) is 1.95. The first-order chi connectivity index (χ1) is 12.0. The quantitative estimate of drug-likeness (QED) is 0.785. The molecule has 7 heteroatoms. The molecule has 1 aromatic carbocycles. The van der Waals surface area contributed by atoms with Crippen LogP contribution in [0.4, 0.5) is 0 Å². The van der Waals surface area contributed by atoms with Crippen LogP contribution in [-0.2, 0) is 11.3 Å². The van der Waals surface area contributed by atoms with Gasteiger partial charge in [-0.15, -0.1) is 0 Å². The summed E-state index contributed by atoms with van der Waals surface area (Å²) in [7, 11) is 0. The van der Waals surface area contributed by atoms with Crippen LogP contribution >= 0.6 is 0 Å². The van der Waals surface area contributed by atoms with Crippen LogP contribution in [0.25, 0.3) is 22.1 Å². The molecule has 4 rings (SSSR count). The summed E-state index contributed by atoms with van der Waals surface area (Å²) < 4.78 is 6.80. The van der Waals surface area contributed by atoms with Crippen LogP contribution in [-0.4, -0.2) is 21.0 Å². The Morgan fingerprint density at radius 1 is 1.48 bits per heavy atom. The largest absolute Gasteiger partial charge is 0.448 e. The highest BCUT2D eigenvalue weighted by atomic mass is 16.3. The predicted molar refractivity (Wildman–Crippen MR) is 90.7 cm³/mol. The molecule has 0 spiro atoms. The van der Waals surface area contributed by atoms with E-state index >= 15 is 0 Å². The Morgan fingerprint density at radius 2 is 2.24 bits per heavy atom. The number of carbonyl (C=O) groups is 1. The summed E-state index contributed by atoms with van der Waals surface area (Å²) in [6.45, 7) is 1.51. The van der Waals surface area contributed by atoms with E-state index in [-0.39, 0.29) is 18.0 Å². The van der Waals surface area contributed by atoms with Crippen molar-refractivity contribution in [2.24, 2.45) is 5.92 Å². The van der Waals surface area contributed by atoms with Crippen LogP contribution in [0.15, 0.2) is 39.8 Å². The third-order valence-corrected chi connectivity index (χ3v) is 4.69. The molecule has 1 saturated carbocycles. The minimum Gasteiger partial charge on any atom is -0.448 e. The number of carbonyl (C=O) groups excluding carboxylic acids is 1. The molecule has 0 bridgehead atoms. The van der Waals surface area contributed by atoms with E-state index < -0.39 is 17.0 Å². The molecule has 126 valence electrons. The van der Waals surface area contributed by atoms with Crippen molar-refractivity contribution in [1.29, 1.82) is 5.26 Å². The van der Waals surface area contributed by atoms with Crippen LogP contribution < -0.4 is 10.9 Å². The Balaban J connectivity index is 1.65. The number of fused-ring (bicyclic) bond motifs is 3. The number of nitriles is 1. The molecule has 0 radical (unpaired) electrons. The summed E-state index contributed by atoms with van der Waals surface area (Å²) in [5.41, 5.74) is -0.118. The number of nitrogens with zero attached hydrogens (tertiary/aromatic N) is 3. The molecule has 0 saturated heterocycles.